The van der Waals surface area contributed by atoms with E-state index in [0.717, 1.165) is 32.1 Å². The van der Waals surface area contributed by atoms with Gasteiger partial charge in [-0.1, -0.05) is 32.4 Å². The van der Waals surface area contributed by atoms with E-state index in [-0.39, 0.29) is 19.1 Å². The normalized spacial score (nSPS) is 31.1. The van der Waals surface area contributed by atoms with Crippen molar-refractivity contribution in [3.63, 3.8) is 0 Å². The summed E-state index contributed by atoms with van der Waals surface area (Å²) in [5.74, 6) is -1.03. The number of alkyl halides is 1. The lowest BCUT2D eigenvalue weighted by atomic mass is 9.78. The highest BCUT2D eigenvalue weighted by Crippen LogP contribution is 2.38. The van der Waals surface area contributed by atoms with Gasteiger partial charge in [-0.2, -0.15) is 0 Å². The van der Waals surface area contributed by atoms with Crippen LogP contribution in [0.3, 0.4) is 0 Å². The minimum atomic E-state index is -1.42. The number of ether oxygens (including phenoxy) is 3. The molecule has 2 fully saturated rings. The highest BCUT2D eigenvalue weighted by Gasteiger charge is 2.37. The molecule has 6 heteroatoms. The van der Waals surface area contributed by atoms with Crippen LogP contribution in [0.1, 0.15) is 69.4 Å². The molecule has 28 heavy (non-hydrogen) atoms. The predicted molar refractivity (Wildman–Crippen MR) is 101 cm³/mol. The van der Waals surface area contributed by atoms with Gasteiger partial charge in [0.05, 0.1) is 19.8 Å². The molecule has 1 aliphatic carbocycles. The maximum absolute atomic E-state index is 14.4. The number of rotatable bonds is 7. The third-order valence-electron chi connectivity index (χ3n) is 5.98. The van der Waals surface area contributed by atoms with E-state index in [2.05, 4.69) is 0 Å². The van der Waals surface area contributed by atoms with E-state index in [9.17, 15) is 13.2 Å². The molecule has 0 bridgehead atoms. The molecular formula is C22H31F3O3. The van der Waals surface area contributed by atoms with Crippen molar-refractivity contribution in [3.8, 4) is 0 Å². The van der Waals surface area contributed by atoms with Crippen LogP contribution in [-0.4, -0.2) is 32.0 Å². The first-order valence-electron chi connectivity index (χ1n) is 10.5. The van der Waals surface area contributed by atoms with Crippen LogP contribution in [0.2, 0.25) is 0 Å². The van der Waals surface area contributed by atoms with Crippen molar-refractivity contribution >= 4 is 0 Å². The van der Waals surface area contributed by atoms with E-state index in [1.165, 1.54) is 0 Å². The zero-order valence-corrected chi connectivity index (χ0v) is 16.8. The lowest BCUT2D eigenvalue weighted by Gasteiger charge is -2.35. The molecule has 0 spiro atoms. The van der Waals surface area contributed by atoms with Crippen molar-refractivity contribution in [2.45, 2.75) is 76.9 Å². The molecule has 158 valence electrons. The van der Waals surface area contributed by atoms with Gasteiger partial charge in [0, 0.05) is 0 Å². The first-order chi connectivity index (χ1) is 13.5. The Morgan fingerprint density at radius 1 is 1.04 bits per heavy atom. The molecule has 1 aromatic carbocycles. The maximum Gasteiger partial charge on any atom is 0.271 e. The second-order valence-corrected chi connectivity index (χ2v) is 8.16. The molecule has 1 aromatic rings. The van der Waals surface area contributed by atoms with Gasteiger partial charge in [-0.3, -0.25) is 0 Å². The highest BCUT2D eigenvalue weighted by atomic mass is 19.2. The van der Waals surface area contributed by atoms with Gasteiger partial charge < -0.3 is 14.2 Å². The van der Waals surface area contributed by atoms with Crippen LogP contribution >= 0.6 is 0 Å². The molecule has 0 N–H and O–H groups in total. The van der Waals surface area contributed by atoms with E-state index >= 15 is 0 Å². The quantitative estimate of drug-likeness (QED) is 0.591. The standard InChI is InChI=1S/C22H31F3O3/c1-3-11-22(25)13-27-21(28-14-22)26-12-15-5-7-17(8-6-15)18-10-9-16(4-2)19(23)20(18)24/h9-10,15,17,21H,3-8,11-14H2,1-2H3. The van der Waals surface area contributed by atoms with Gasteiger partial charge in [-0.05, 0) is 61.5 Å². The number of benzene rings is 1. The summed E-state index contributed by atoms with van der Waals surface area (Å²) in [6.45, 7) is 3.40. The van der Waals surface area contributed by atoms with Crippen LogP contribution in [0.5, 0.6) is 0 Å². The van der Waals surface area contributed by atoms with Gasteiger partial charge in [0.1, 0.15) is 0 Å². The van der Waals surface area contributed by atoms with Crippen LogP contribution in [0.15, 0.2) is 12.1 Å². The SMILES string of the molecule is CCCC1(F)COC(OCC2CCC(c3ccc(CC)c(F)c3F)CC2)OC1. The molecule has 1 heterocycles. The highest BCUT2D eigenvalue weighted by molar-refractivity contribution is 5.29. The molecule has 0 atom stereocenters. The average Bonchev–Trinajstić information content (AvgIpc) is 2.70. The Labute approximate surface area is 165 Å². The summed E-state index contributed by atoms with van der Waals surface area (Å²) in [6, 6.07) is 3.44. The van der Waals surface area contributed by atoms with Crippen LogP contribution in [0, 0.1) is 17.6 Å². The number of halogens is 3. The molecule has 0 aromatic heterocycles. The monoisotopic (exact) mass is 400 g/mol. The van der Waals surface area contributed by atoms with Crippen molar-refractivity contribution < 1.29 is 27.4 Å². The van der Waals surface area contributed by atoms with Gasteiger partial charge in [0.2, 0.25) is 0 Å². The van der Waals surface area contributed by atoms with Crippen molar-refractivity contribution in [1.82, 2.24) is 0 Å². The number of aryl methyl sites for hydroxylation is 1. The summed E-state index contributed by atoms with van der Waals surface area (Å²) in [5, 5.41) is 0. The second-order valence-electron chi connectivity index (χ2n) is 8.16. The number of hydrogen-bond acceptors (Lipinski definition) is 3. The van der Waals surface area contributed by atoms with Gasteiger partial charge in [-0.25, -0.2) is 13.2 Å². The summed E-state index contributed by atoms with van der Waals surface area (Å²) >= 11 is 0. The van der Waals surface area contributed by atoms with E-state index in [1.54, 1.807) is 12.1 Å². The van der Waals surface area contributed by atoms with E-state index in [0.29, 0.717) is 36.5 Å². The first-order valence-corrected chi connectivity index (χ1v) is 10.5. The topological polar surface area (TPSA) is 27.7 Å². The summed E-state index contributed by atoms with van der Waals surface area (Å²) in [5.41, 5.74) is -0.505. The van der Waals surface area contributed by atoms with E-state index < -0.39 is 23.8 Å². The maximum atomic E-state index is 14.4. The zero-order chi connectivity index (χ0) is 20.1. The first kappa shape index (κ1) is 21.6. The fourth-order valence-electron chi connectivity index (χ4n) is 4.26. The van der Waals surface area contributed by atoms with E-state index in [1.807, 2.05) is 13.8 Å². The summed E-state index contributed by atoms with van der Waals surface area (Å²) in [7, 11) is 0. The van der Waals surface area contributed by atoms with Gasteiger partial charge >= 0.3 is 0 Å². The fourth-order valence-corrected chi connectivity index (χ4v) is 4.26. The Morgan fingerprint density at radius 3 is 2.32 bits per heavy atom. The summed E-state index contributed by atoms with van der Waals surface area (Å²) < 4.78 is 59.1. The average molecular weight is 400 g/mol. The molecule has 0 radical (unpaired) electrons. The van der Waals surface area contributed by atoms with Crippen molar-refractivity contribution in [1.29, 1.82) is 0 Å². The molecule has 1 aliphatic heterocycles. The molecular weight excluding hydrogens is 369 g/mol. The molecule has 0 amide bonds. The fraction of sp³-hybridized carbons (Fsp3) is 0.727. The minimum Gasteiger partial charge on any atom is -0.330 e. The molecule has 1 saturated carbocycles. The zero-order valence-electron chi connectivity index (χ0n) is 16.8. The van der Waals surface area contributed by atoms with Crippen molar-refractivity contribution in [2.24, 2.45) is 5.92 Å². The molecule has 0 unspecified atom stereocenters. The van der Waals surface area contributed by atoms with Gasteiger partial charge in [0.15, 0.2) is 17.3 Å². The van der Waals surface area contributed by atoms with Crippen LogP contribution < -0.4 is 0 Å². The predicted octanol–water partition coefficient (Wildman–Crippen LogP) is 5.66. The van der Waals surface area contributed by atoms with Crippen LogP contribution in [0.4, 0.5) is 13.2 Å². The van der Waals surface area contributed by atoms with Crippen molar-refractivity contribution in [3.05, 3.63) is 34.9 Å². The lowest BCUT2D eigenvalue weighted by molar-refractivity contribution is -0.341. The van der Waals surface area contributed by atoms with Gasteiger partial charge in [0.25, 0.3) is 6.48 Å². The minimum absolute atomic E-state index is 0.00313. The van der Waals surface area contributed by atoms with Crippen LogP contribution in [0.25, 0.3) is 0 Å². The second kappa shape index (κ2) is 9.59. The summed E-state index contributed by atoms with van der Waals surface area (Å²) in [6.07, 6.45) is 4.98. The Balaban J connectivity index is 1.43. The lowest BCUT2D eigenvalue weighted by Crippen LogP contribution is -2.45. The third-order valence-corrected chi connectivity index (χ3v) is 5.98. The Hall–Kier alpha value is -1.11. The Bertz CT molecular complexity index is 636. The van der Waals surface area contributed by atoms with Crippen LogP contribution in [-0.2, 0) is 20.6 Å². The van der Waals surface area contributed by atoms with Crippen molar-refractivity contribution in [2.75, 3.05) is 19.8 Å². The smallest absolute Gasteiger partial charge is 0.271 e. The molecule has 3 nitrogen and oxygen atoms in total. The Morgan fingerprint density at radius 2 is 1.71 bits per heavy atom. The largest absolute Gasteiger partial charge is 0.330 e. The van der Waals surface area contributed by atoms with E-state index in [4.69, 9.17) is 14.2 Å². The summed E-state index contributed by atoms with van der Waals surface area (Å²) in [4.78, 5) is 0. The molecule has 2 aliphatic rings. The number of hydrogen-bond donors (Lipinski definition) is 0. The Kier molecular flexibility index (Phi) is 7.40. The molecule has 1 saturated heterocycles. The third kappa shape index (κ3) is 5.08. The van der Waals surface area contributed by atoms with Gasteiger partial charge in [-0.15, -0.1) is 0 Å². The molecule has 3 rings (SSSR count).